The van der Waals surface area contributed by atoms with Crippen molar-refractivity contribution in [3.05, 3.63) is 42.5 Å². The number of para-hydroxylation sites is 1. The molecule has 0 N–H and O–H groups in total. The lowest BCUT2D eigenvalue weighted by Crippen LogP contribution is -2.39. The molecule has 1 saturated heterocycles. The molecule has 1 atom stereocenters. The van der Waals surface area contributed by atoms with E-state index < -0.39 is 0 Å². The molecule has 1 aliphatic rings. The lowest BCUT2D eigenvalue weighted by atomic mass is 10.1. The van der Waals surface area contributed by atoms with Gasteiger partial charge in [-0.15, -0.1) is 10.2 Å². The van der Waals surface area contributed by atoms with Gasteiger partial charge < -0.3 is 4.90 Å². The van der Waals surface area contributed by atoms with Crippen molar-refractivity contribution in [2.24, 2.45) is 0 Å². The van der Waals surface area contributed by atoms with E-state index in [1.165, 1.54) is 12.8 Å². The van der Waals surface area contributed by atoms with Crippen LogP contribution in [-0.2, 0) is 11.2 Å². The fourth-order valence-corrected chi connectivity index (χ4v) is 3.53. The Labute approximate surface area is 143 Å². The largest absolute Gasteiger partial charge is 0.340 e. The van der Waals surface area contributed by atoms with E-state index in [9.17, 15) is 4.79 Å². The van der Waals surface area contributed by atoms with Crippen molar-refractivity contribution >= 4 is 5.91 Å². The van der Waals surface area contributed by atoms with Gasteiger partial charge in [-0.05, 0) is 31.4 Å². The molecule has 0 saturated carbocycles. The average Bonchev–Trinajstić information content (AvgIpc) is 2.96. The quantitative estimate of drug-likeness (QED) is 0.846. The number of hydrogen-bond donors (Lipinski definition) is 0. The Kier molecular flexibility index (Phi) is 5.62. The van der Waals surface area contributed by atoms with Crippen LogP contribution in [0.25, 0.3) is 5.69 Å². The first-order chi connectivity index (χ1) is 11.8. The van der Waals surface area contributed by atoms with Gasteiger partial charge in [-0.1, -0.05) is 38.0 Å². The lowest BCUT2D eigenvalue weighted by Gasteiger charge is -2.29. The Bertz CT molecular complexity index is 652. The molecule has 5 nitrogen and oxygen atoms in total. The number of amides is 1. The van der Waals surface area contributed by atoms with Gasteiger partial charge in [0.1, 0.15) is 12.2 Å². The van der Waals surface area contributed by atoms with E-state index in [2.05, 4.69) is 22.0 Å². The second kappa shape index (κ2) is 8.08. The van der Waals surface area contributed by atoms with E-state index in [4.69, 9.17) is 0 Å². The Hall–Kier alpha value is -2.17. The molecule has 0 bridgehead atoms. The minimum absolute atomic E-state index is 0.256. The molecule has 1 fully saturated rings. The van der Waals surface area contributed by atoms with Gasteiger partial charge in [0, 0.05) is 31.1 Å². The summed E-state index contributed by atoms with van der Waals surface area (Å²) in [4.78, 5) is 14.8. The predicted octanol–water partition coefficient (Wildman–Crippen LogP) is 3.38. The Morgan fingerprint density at radius 2 is 2.04 bits per heavy atom. The van der Waals surface area contributed by atoms with Crippen LogP contribution in [0.1, 0.15) is 51.3 Å². The van der Waals surface area contributed by atoms with Crippen molar-refractivity contribution in [2.45, 2.75) is 57.9 Å². The maximum atomic E-state index is 12.7. The van der Waals surface area contributed by atoms with Gasteiger partial charge in [0.25, 0.3) is 0 Å². The fourth-order valence-electron chi connectivity index (χ4n) is 3.53. The van der Waals surface area contributed by atoms with E-state index in [1.54, 1.807) is 6.33 Å². The number of carbonyl (C=O) groups excluding carboxylic acids is 1. The Balaban J connectivity index is 1.65. The summed E-state index contributed by atoms with van der Waals surface area (Å²) in [6, 6.07) is 10.4. The van der Waals surface area contributed by atoms with Crippen LogP contribution < -0.4 is 0 Å². The topological polar surface area (TPSA) is 51.0 Å². The minimum Gasteiger partial charge on any atom is -0.340 e. The molecule has 24 heavy (non-hydrogen) atoms. The van der Waals surface area contributed by atoms with Gasteiger partial charge in [0.15, 0.2) is 0 Å². The highest BCUT2D eigenvalue weighted by Gasteiger charge is 2.24. The Morgan fingerprint density at radius 3 is 2.83 bits per heavy atom. The zero-order chi connectivity index (χ0) is 16.8. The highest BCUT2D eigenvalue weighted by Crippen LogP contribution is 2.20. The molecular formula is C19H26N4O. The molecule has 1 aliphatic heterocycles. The van der Waals surface area contributed by atoms with Crippen LogP contribution >= 0.6 is 0 Å². The van der Waals surface area contributed by atoms with E-state index in [0.717, 1.165) is 37.3 Å². The lowest BCUT2D eigenvalue weighted by molar-refractivity contribution is -0.133. The van der Waals surface area contributed by atoms with Gasteiger partial charge in [-0.3, -0.25) is 9.36 Å². The summed E-state index contributed by atoms with van der Waals surface area (Å²) in [5, 5.41) is 8.23. The number of nitrogens with zero attached hydrogens (tertiary/aromatic N) is 4. The third-order valence-corrected chi connectivity index (χ3v) is 4.88. The Morgan fingerprint density at radius 1 is 1.21 bits per heavy atom. The molecule has 2 heterocycles. The first-order valence-electron chi connectivity index (χ1n) is 9.03. The number of aromatic nitrogens is 3. The summed E-state index contributed by atoms with van der Waals surface area (Å²) in [5.74, 6) is 1.10. The standard InChI is InChI=1S/C19H26N4O/c1-2-16-9-7-4-8-14-22(16)19(24)13-12-18-21-20-15-23(18)17-10-5-3-6-11-17/h3,5-6,10-11,15-16H,2,4,7-9,12-14H2,1H3. The normalized spacial score (nSPS) is 18.4. The summed E-state index contributed by atoms with van der Waals surface area (Å²) >= 11 is 0. The number of benzene rings is 1. The maximum absolute atomic E-state index is 12.7. The fraction of sp³-hybridized carbons (Fsp3) is 0.526. The van der Waals surface area contributed by atoms with Crippen LogP contribution in [0.15, 0.2) is 36.7 Å². The SMILES string of the molecule is CCC1CCCCCN1C(=O)CCc1nncn1-c1ccccc1. The molecule has 1 amide bonds. The van der Waals surface area contributed by atoms with Crippen LogP contribution in [0.3, 0.4) is 0 Å². The zero-order valence-corrected chi connectivity index (χ0v) is 14.4. The van der Waals surface area contributed by atoms with Crippen molar-refractivity contribution in [1.29, 1.82) is 0 Å². The molecule has 1 unspecified atom stereocenters. The summed E-state index contributed by atoms with van der Waals surface area (Å²) in [6.07, 6.45) is 8.64. The van der Waals surface area contributed by atoms with E-state index >= 15 is 0 Å². The summed E-state index contributed by atoms with van der Waals surface area (Å²) in [6.45, 7) is 3.09. The van der Waals surface area contributed by atoms with Gasteiger partial charge in [0.05, 0.1) is 0 Å². The monoisotopic (exact) mass is 326 g/mol. The molecule has 0 aliphatic carbocycles. The molecule has 128 valence electrons. The molecule has 0 spiro atoms. The molecule has 3 rings (SSSR count). The molecular weight excluding hydrogens is 300 g/mol. The van der Waals surface area contributed by atoms with Gasteiger partial charge in [-0.25, -0.2) is 0 Å². The summed E-state index contributed by atoms with van der Waals surface area (Å²) in [7, 11) is 0. The zero-order valence-electron chi connectivity index (χ0n) is 14.4. The number of hydrogen-bond acceptors (Lipinski definition) is 3. The average molecular weight is 326 g/mol. The van der Waals surface area contributed by atoms with Crippen LogP contribution in [0.4, 0.5) is 0 Å². The second-order valence-electron chi connectivity index (χ2n) is 6.45. The van der Waals surface area contributed by atoms with E-state index in [0.29, 0.717) is 18.9 Å². The highest BCUT2D eigenvalue weighted by molar-refractivity contribution is 5.76. The van der Waals surface area contributed by atoms with Crippen molar-refractivity contribution in [1.82, 2.24) is 19.7 Å². The van der Waals surface area contributed by atoms with Crippen LogP contribution in [0, 0.1) is 0 Å². The van der Waals surface area contributed by atoms with Crippen molar-refractivity contribution in [3.8, 4) is 5.69 Å². The number of aryl methyl sites for hydroxylation is 1. The number of likely N-dealkylation sites (tertiary alicyclic amines) is 1. The summed E-state index contributed by atoms with van der Waals surface area (Å²) in [5.41, 5.74) is 1.03. The molecule has 5 heteroatoms. The first kappa shape index (κ1) is 16.7. The van der Waals surface area contributed by atoms with Crippen molar-refractivity contribution in [2.75, 3.05) is 6.54 Å². The van der Waals surface area contributed by atoms with Crippen LogP contribution in [-0.4, -0.2) is 38.2 Å². The minimum atomic E-state index is 0.256. The summed E-state index contributed by atoms with van der Waals surface area (Å²) < 4.78 is 1.97. The van der Waals surface area contributed by atoms with E-state index in [1.807, 2.05) is 34.9 Å². The van der Waals surface area contributed by atoms with Crippen LogP contribution in [0.2, 0.25) is 0 Å². The van der Waals surface area contributed by atoms with Gasteiger partial charge >= 0.3 is 0 Å². The third kappa shape index (κ3) is 3.83. The molecule has 1 aromatic heterocycles. The molecule has 1 aromatic carbocycles. The predicted molar refractivity (Wildman–Crippen MR) is 93.9 cm³/mol. The van der Waals surface area contributed by atoms with Crippen molar-refractivity contribution < 1.29 is 4.79 Å². The maximum Gasteiger partial charge on any atom is 0.223 e. The molecule has 0 radical (unpaired) electrons. The molecule has 2 aromatic rings. The van der Waals surface area contributed by atoms with Gasteiger partial charge in [-0.2, -0.15) is 0 Å². The third-order valence-electron chi connectivity index (χ3n) is 4.88. The number of rotatable bonds is 5. The van der Waals surface area contributed by atoms with Crippen molar-refractivity contribution in [3.63, 3.8) is 0 Å². The highest BCUT2D eigenvalue weighted by atomic mass is 16.2. The van der Waals surface area contributed by atoms with E-state index in [-0.39, 0.29) is 5.91 Å². The first-order valence-corrected chi connectivity index (χ1v) is 9.03. The smallest absolute Gasteiger partial charge is 0.223 e. The number of carbonyl (C=O) groups is 1. The van der Waals surface area contributed by atoms with Crippen LogP contribution in [0.5, 0.6) is 0 Å². The second-order valence-corrected chi connectivity index (χ2v) is 6.45. The van der Waals surface area contributed by atoms with Gasteiger partial charge in [0.2, 0.25) is 5.91 Å².